The average Bonchev–Trinajstić information content (AvgIpc) is 2.96. The van der Waals surface area contributed by atoms with Crippen LogP contribution in [0.2, 0.25) is 0 Å². The van der Waals surface area contributed by atoms with E-state index >= 15 is 0 Å². The van der Waals surface area contributed by atoms with Crippen LogP contribution in [0.15, 0.2) is 59.7 Å². The minimum atomic E-state index is -0.440. The van der Waals surface area contributed by atoms with Crippen LogP contribution >= 0.6 is 0 Å². The van der Waals surface area contributed by atoms with E-state index < -0.39 is 6.10 Å². The summed E-state index contributed by atoms with van der Waals surface area (Å²) in [6.07, 6.45) is 8.52. The lowest BCUT2D eigenvalue weighted by atomic mass is 9.68. The molecule has 0 saturated carbocycles. The van der Waals surface area contributed by atoms with E-state index in [4.69, 9.17) is 0 Å². The van der Waals surface area contributed by atoms with E-state index in [1.54, 1.807) is 0 Å². The van der Waals surface area contributed by atoms with E-state index in [9.17, 15) is 5.11 Å². The van der Waals surface area contributed by atoms with Crippen LogP contribution in [0.5, 0.6) is 0 Å². The quantitative estimate of drug-likeness (QED) is 0.785. The summed E-state index contributed by atoms with van der Waals surface area (Å²) in [4.78, 5) is 4.74. The van der Waals surface area contributed by atoms with E-state index in [1.165, 1.54) is 27.5 Å². The van der Waals surface area contributed by atoms with Crippen LogP contribution in [-0.2, 0) is 5.41 Å². The van der Waals surface area contributed by atoms with Crippen molar-refractivity contribution in [3.05, 3.63) is 70.8 Å². The SMILES string of the molecule is CN1CC=C(CC2(CC3=CCN(C)CC3)c3cccc4cccc(c34)C2O)CC1. The van der Waals surface area contributed by atoms with Crippen LogP contribution in [0, 0.1) is 0 Å². The first-order valence-electron chi connectivity index (χ1n) is 11.0. The Balaban J connectivity index is 1.61. The number of rotatable bonds is 4. The second-order valence-corrected chi connectivity index (χ2v) is 9.41. The van der Waals surface area contributed by atoms with E-state index in [0.29, 0.717) is 0 Å². The fourth-order valence-electron chi connectivity index (χ4n) is 5.66. The van der Waals surface area contributed by atoms with Crippen molar-refractivity contribution in [2.24, 2.45) is 0 Å². The molecule has 3 nitrogen and oxygen atoms in total. The summed E-state index contributed by atoms with van der Waals surface area (Å²) in [7, 11) is 4.38. The molecule has 0 saturated heterocycles. The van der Waals surface area contributed by atoms with Gasteiger partial charge in [0, 0.05) is 31.6 Å². The summed E-state index contributed by atoms with van der Waals surface area (Å²) in [6.45, 7) is 4.27. The predicted molar refractivity (Wildman–Crippen MR) is 120 cm³/mol. The first-order valence-corrected chi connectivity index (χ1v) is 11.0. The largest absolute Gasteiger partial charge is 0.387 e. The minimum absolute atomic E-state index is 0.243. The van der Waals surface area contributed by atoms with Gasteiger partial charge in [0.1, 0.15) is 0 Å². The topological polar surface area (TPSA) is 26.7 Å². The van der Waals surface area contributed by atoms with Crippen molar-refractivity contribution >= 4 is 10.8 Å². The Morgan fingerprint density at radius 2 is 1.48 bits per heavy atom. The van der Waals surface area contributed by atoms with Gasteiger partial charge in [0.25, 0.3) is 0 Å². The van der Waals surface area contributed by atoms with Crippen molar-refractivity contribution in [2.75, 3.05) is 40.3 Å². The van der Waals surface area contributed by atoms with Gasteiger partial charge < -0.3 is 14.9 Å². The molecule has 0 bridgehead atoms. The molecule has 2 heterocycles. The zero-order chi connectivity index (χ0) is 20.0. The first-order chi connectivity index (χ1) is 14.1. The zero-order valence-corrected chi connectivity index (χ0v) is 17.7. The molecule has 0 radical (unpaired) electrons. The zero-order valence-electron chi connectivity index (χ0n) is 17.7. The number of aliphatic hydroxyl groups excluding tert-OH is 1. The molecule has 1 unspecified atom stereocenters. The Kier molecular flexibility index (Phi) is 4.85. The number of benzene rings is 2. The van der Waals surface area contributed by atoms with Gasteiger partial charge in [-0.2, -0.15) is 0 Å². The molecular formula is C26H32N2O. The molecule has 5 rings (SSSR count). The number of likely N-dealkylation sites (N-methyl/N-ethyl adjacent to an activating group) is 2. The molecule has 2 aliphatic heterocycles. The van der Waals surface area contributed by atoms with Crippen molar-refractivity contribution in [2.45, 2.75) is 37.2 Å². The predicted octanol–water partition coefficient (Wildman–Crippen LogP) is 4.43. The third-order valence-corrected chi connectivity index (χ3v) is 7.39. The van der Waals surface area contributed by atoms with Crippen LogP contribution in [0.3, 0.4) is 0 Å². The molecule has 1 aliphatic carbocycles. The van der Waals surface area contributed by atoms with Crippen molar-refractivity contribution in [1.82, 2.24) is 9.80 Å². The fourth-order valence-corrected chi connectivity index (χ4v) is 5.66. The van der Waals surface area contributed by atoms with E-state index in [0.717, 1.165) is 57.4 Å². The van der Waals surface area contributed by atoms with Crippen LogP contribution in [0.25, 0.3) is 10.8 Å². The number of hydrogen-bond donors (Lipinski definition) is 1. The average molecular weight is 389 g/mol. The molecule has 1 N–H and O–H groups in total. The Labute approximate surface area is 174 Å². The Morgan fingerprint density at radius 1 is 0.897 bits per heavy atom. The van der Waals surface area contributed by atoms with Gasteiger partial charge in [-0.15, -0.1) is 0 Å². The van der Waals surface area contributed by atoms with Crippen molar-refractivity contribution in [3.8, 4) is 0 Å². The van der Waals surface area contributed by atoms with Gasteiger partial charge in [0.2, 0.25) is 0 Å². The van der Waals surface area contributed by atoms with Gasteiger partial charge >= 0.3 is 0 Å². The molecule has 0 fully saturated rings. The van der Waals surface area contributed by atoms with Crippen LogP contribution < -0.4 is 0 Å². The van der Waals surface area contributed by atoms with Crippen LogP contribution in [-0.4, -0.2) is 55.2 Å². The molecule has 29 heavy (non-hydrogen) atoms. The lowest BCUT2D eigenvalue weighted by Gasteiger charge is -2.39. The highest BCUT2D eigenvalue weighted by atomic mass is 16.3. The standard InChI is InChI=1S/C26H32N2O/c1-27-13-9-19(10-14-27)17-26(18-20-11-15-28(2)16-12-20)23-8-4-6-21-5-3-7-22(24(21)23)25(26)29/h3-9,11,25,29H,10,12-18H2,1-2H3. The summed E-state index contributed by atoms with van der Waals surface area (Å²) in [5, 5.41) is 14.3. The summed E-state index contributed by atoms with van der Waals surface area (Å²) >= 11 is 0. The summed E-state index contributed by atoms with van der Waals surface area (Å²) in [5.74, 6) is 0. The fraction of sp³-hybridized carbons (Fsp3) is 0.462. The molecule has 3 heteroatoms. The maximum atomic E-state index is 11.8. The Morgan fingerprint density at radius 3 is 2.03 bits per heavy atom. The second-order valence-electron chi connectivity index (χ2n) is 9.41. The minimum Gasteiger partial charge on any atom is -0.387 e. The molecular weight excluding hydrogens is 356 g/mol. The van der Waals surface area contributed by atoms with Gasteiger partial charge in [0.15, 0.2) is 0 Å². The summed E-state index contributed by atoms with van der Waals surface area (Å²) in [6, 6.07) is 13.1. The highest BCUT2D eigenvalue weighted by Gasteiger charge is 2.47. The maximum absolute atomic E-state index is 11.8. The molecule has 0 aromatic heterocycles. The van der Waals surface area contributed by atoms with Gasteiger partial charge in [-0.3, -0.25) is 0 Å². The van der Waals surface area contributed by atoms with E-state index in [2.05, 4.69) is 72.4 Å². The highest BCUT2D eigenvalue weighted by molar-refractivity contribution is 5.93. The van der Waals surface area contributed by atoms with Crippen molar-refractivity contribution in [1.29, 1.82) is 0 Å². The second kappa shape index (κ2) is 7.39. The van der Waals surface area contributed by atoms with Crippen LogP contribution in [0.1, 0.15) is 42.9 Å². The van der Waals surface area contributed by atoms with Crippen molar-refractivity contribution in [3.63, 3.8) is 0 Å². The molecule has 1 atom stereocenters. The molecule has 2 aromatic rings. The lowest BCUT2D eigenvalue weighted by molar-refractivity contribution is 0.0849. The highest BCUT2D eigenvalue weighted by Crippen LogP contribution is 2.56. The third kappa shape index (κ3) is 3.26. The molecule has 2 aromatic carbocycles. The van der Waals surface area contributed by atoms with Gasteiger partial charge in [0.05, 0.1) is 6.10 Å². The van der Waals surface area contributed by atoms with Crippen molar-refractivity contribution < 1.29 is 5.11 Å². The maximum Gasteiger partial charge on any atom is 0.0899 e. The molecule has 0 amide bonds. The Hall–Kier alpha value is -1.94. The smallest absolute Gasteiger partial charge is 0.0899 e. The third-order valence-electron chi connectivity index (χ3n) is 7.39. The van der Waals surface area contributed by atoms with E-state index in [-0.39, 0.29) is 5.41 Å². The summed E-state index contributed by atoms with van der Waals surface area (Å²) < 4.78 is 0. The number of hydrogen-bond acceptors (Lipinski definition) is 3. The summed E-state index contributed by atoms with van der Waals surface area (Å²) in [5.41, 5.74) is 5.27. The molecule has 0 spiro atoms. The molecule has 3 aliphatic rings. The Bertz CT molecular complexity index is 952. The first kappa shape index (κ1) is 19.0. The van der Waals surface area contributed by atoms with Gasteiger partial charge in [-0.1, -0.05) is 59.7 Å². The van der Waals surface area contributed by atoms with Gasteiger partial charge in [-0.25, -0.2) is 0 Å². The number of aliphatic hydroxyl groups is 1. The normalized spacial score (nSPS) is 24.6. The van der Waals surface area contributed by atoms with Gasteiger partial charge in [-0.05, 0) is 61.7 Å². The lowest BCUT2D eigenvalue weighted by Crippen LogP contribution is -2.35. The monoisotopic (exact) mass is 388 g/mol. The van der Waals surface area contributed by atoms with E-state index in [1.807, 2.05) is 0 Å². The molecule has 152 valence electrons. The van der Waals surface area contributed by atoms with Crippen LogP contribution in [0.4, 0.5) is 0 Å². The number of nitrogens with zero attached hydrogens (tertiary/aromatic N) is 2.